The number of alkyl halides is 3. The number of H-pyrrole nitrogens is 1. The van der Waals surface area contributed by atoms with Gasteiger partial charge in [0.05, 0.1) is 18.0 Å². The third-order valence-electron chi connectivity index (χ3n) is 1.98. The van der Waals surface area contributed by atoms with Gasteiger partial charge in [-0.2, -0.15) is 28.2 Å². The molecular weight excluding hydrogens is 259 g/mol. The van der Waals surface area contributed by atoms with Crippen molar-refractivity contribution in [2.24, 2.45) is 0 Å². The summed E-state index contributed by atoms with van der Waals surface area (Å²) in [7, 11) is 0. The van der Waals surface area contributed by atoms with E-state index < -0.39 is 12.6 Å². The molecule has 0 fully saturated rings. The Balaban J connectivity index is 2.15. The predicted molar refractivity (Wildman–Crippen MR) is 55.9 cm³/mol. The van der Waals surface area contributed by atoms with Crippen molar-refractivity contribution in [3.8, 4) is 0 Å². The van der Waals surface area contributed by atoms with Crippen molar-refractivity contribution in [2.75, 3.05) is 11.9 Å². The maximum Gasteiger partial charge on any atom is 0.390 e. The fourth-order valence-corrected chi connectivity index (χ4v) is 1.43. The molecule has 2 heterocycles. The summed E-state index contributed by atoms with van der Waals surface area (Å²) in [5, 5.41) is 9.26. The molecule has 2 N–H and O–H groups in total. The smallest absolute Gasteiger partial charge is 0.369 e. The summed E-state index contributed by atoms with van der Waals surface area (Å²) < 4.78 is 35.9. The van der Waals surface area contributed by atoms with Crippen LogP contribution in [0.4, 0.5) is 19.0 Å². The monoisotopic (exact) mass is 265 g/mol. The van der Waals surface area contributed by atoms with Gasteiger partial charge in [-0.25, -0.2) is 0 Å². The third kappa shape index (κ3) is 2.96. The van der Waals surface area contributed by atoms with Crippen LogP contribution in [-0.2, 0) is 0 Å². The van der Waals surface area contributed by atoms with Gasteiger partial charge in [-0.15, -0.1) is 0 Å². The van der Waals surface area contributed by atoms with Crippen LogP contribution >= 0.6 is 11.6 Å². The van der Waals surface area contributed by atoms with Gasteiger partial charge < -0.3 is 5.32 Å². The maximum absolute atomic E-state index is 12.0. The summed E-state index contributed by atoms with van der Waals surface area (Å²) in [4.78, 5) is 7.64. The quantitative estimate of drug-likeness (QED) is 0.836. The largest absolute Gasteiger partial charge is 0.390 e. The lowest BCUT2D eigenvalue weighted by molar-refractivity contribution is -0.131. The second kappa shape index (κ2) is 4.36. The number of hydrogen-bond donors (Lipinski definition) is 2. The van der Waals surface area contributed by atoms with E-state index in [1.54, 1.807) is 0 Å². The molecule has 0 aliphatic carbocycles. The number of aromatic nitrogens is 4. The van der Waals surface area contributed by atoms with Crippen LogP contribution in [0.5, 0.6) is 0 Å². The molecule has 92 valence electrons. The Morgan fingerprint density at radius 3 is 2.82 bits per heavy atom. The highest BCUT2D eigenvalue weighted by Crippen LogP contribution is 2.22. The molecule has 2 aromatic rings. The molecule has 2 aromatic heterocycles. The van der Waals surface area contributed by atoms with Gasteiger partial charge in [0, 0.05) is 6.54 Å². The third-order valence-corrected chi connectivity index (χ3v) is 2.15. The van der Waals surface area contributed by atoms with Crippen molar-refractivity contribution in [1.29, 1.82) is 0 Å². The highest BCUT2D eigenvalue weighted by molar-refractivity contribution is 6.28. The van der Waals surface area contributed by atoms with E-state index in [2.05, 4.69) is 25.5 Å². The molecule has 0 aromatic carbocycles. The Hall–Kier alpha value is -1.57. The molecule has 2 rings (SSSR count). The van der Waals surface area contributed by atoms with E-state index in [9.17, 15) is 13.2 Å². The molecule has 17 heavy (non-hydrogen) atoms. The first-order valence-electron chi connectivity index (χ1n) is 4.63. The summed E-state index contributed by atoms with van der Waals surface area (Å²) in [6.45, 7) is -0.281. The molecule has 0 atom stereocenters. The average Bonchev–Trinajstić information content (AvgIpc) is 2.63. The number of nitrogens with zero attached hydrogens (tertiary/aromatic N) is 3. The Morgan fingerprint density at radius 1 is 1.35 bits per heavy atom. The minimum Gasteiger partial charge on any atom is -0.369 e. The molecule has 0 bridgehead atoms. The zero-order chi connectivity index (χ0) is 12.5. The number of fused-ring (bicyclic) bond motifs is 1. The van der Waals surface area contributed by atoms with Crippen molar-refractivity contribution in [1.82, 2.24) is 20.2 Å². The Kier molecular flexibility index (Phi) is 3.05. The van der Waals surface area contributed by atoms with Gasteiger partial charge in [-0.3, -0.25) is 5.10 Å². The van der Waals surface area contributed by atoms with E-state index in [-0.39, 0.29) is 17.6 Å². The SMILES string of the molecule is FC(F)(F)CCNc1nc(Cl)nc2[nH]ncc12. The number of hydrogen-bond acceptors (Lipinski definition) is 4. The predicted octanol–water partition coefficient (Wildman–Crippen LogP) is 2.37. The van der Waals surface area contributed by atoms with Gasteiger partial charge in [0.15, 0.2) is 5.65 Å². The fourth-order valence-electron chi connectivity index (χ4n) is 1.26. The molecule has 0 radical (unpaired) electrons. The molecule has 5 nitrogen and oxygen atoms in total. The summed E-state index contributed by atoms with van der Waals surface area (Å²) in [5.74, 6) is 0.234. The highest BCUT2D eigenvalue weighted by Gasteiger charge is 2.26. The molecular formula is C8H7ClF3N5. The zero-order valence-electron chi connectivity index (χ0n) is 8.35. The van der Waals surface area contributed by atoms with Gasteiger partial charge in [-0.05, 0) is 11.6 Å². The molecule has 0 aliphatic rings. The molecule has 0 aliphatic heterocycles. The van der Waals surface area contributed by atoms with Crippen molar-refractivity contribution in [2.45, 2.75) is 12.6 Å². The van der Waals surface area contributed by atoms with E-state index in [0.29, 0.717) is 11.0 Å². The summed E-state index contributed by atoms with van der Waals surface area (Å²) >= 11 is 5.62. The van der Waals surface area contributed by atoms with Crippen LogP contribution in [-0.4, -0.2) is 32.9 Å². The number of nitrogens with one attached hydrogen (secondary N) is 2. The summed E-state index contributed by atoms with van der Waals surface area (Å²) in [5.41, 5.74) is 0.375. The first kappa shape index (κ1) is 11.9. The molecule has 9 heteroatoms. The molecule has 0 spiro atoms. The van der Waals surface area contributed by atoms with E-state index in [4.69, 9.17) is 11.6 Å². The van der Waals surface area contributed by atoms with Crippen molar-refractivity contribution < 1.29 is 13.2 Å². The Morgan fingerprint density at radius 2 is 2.12 bits per heavy atom. The van der Waals surface area contributed by atoms with Crippen molar-refractivity contribution in [3.63, 3.8) is 0 Å². The number of halogens is 4. The lowest BCUT2D eigenvalue weighted by atomic mass is 10.3. The van der Waals surface area contributed by atoms with E-state index >= 15 is 0 Å². The first-order chi connectivity index (χ1) is 7.96. The first-order valence-corrected chi connectivity index (χ1v) is 5.01. The second-order valence-corrected chi connectivity index (χ2v) is 3.60. The molecule has 0 saturated heterocycles. The van der Waals surface area contributed by atoms with Crippen molar-refractivity contribution >= 4 is 28.5 Å². The summed E-state index contributed by atoms with van der Waals surface area (Å²) in [6, 6.07) is 0. The van der Waals surface area contributed by atoms with Gasteiger partial charge >= 0.3 is 6.18 Å². The molecule has 0 saturated carbocycles. The van der Waals surface area contributed by atoms with Crippen LogP contribution in [0.15, 0.2) is 6.20 Å². The normalized spacial score (nSPS) is 12.0. The topological polar surface area (TPSA) is 66.5 Å². The van der Waals surface area contributed by atoms with E-state index in [1.165, 1.54) is 6.20 Å². The minimum absolute atomic E-state index is 0.0590. The van der Waals surface area contributed by atoms with E-state index in [0.717, 1.165) is 0 Å². The summed E-state index contributed by atoms with van der Waals surface area (Å²) in [6.07, 6.45) is -3.74. The van der Waals surface area contributed by atoms with Gasteiger partial charge in [-0.1, -0.05) is 0 Å². The van der Waals surface area contributed by atoms with Crippen LogP contribution in [0.1, 0.15) is 6.42 Å². The van der Waals surface area contributed by atoms with Crippen LogP contribution in [0.3, 0.4) is 0 Å². The number of aromatic amines is 1. The van der Waals surface area contributed by atoms with Crippen molar-refractivity contribution in [3.05, 3.63) is 11.5 Å². The average molecular weight is 266 g/mol. The van der Waals surface area contributed by atoms with Gasteiger partial charge in [0.25, 0.3) is 0 Å². The Labute approximate surface area is 98.4 Å². The lowest BCUT2D eigenvalue weighted by Crippen LogP contribution is -2.15. The Bertz CT molecular complexity index is 523. The van der Waals surface area contributed by atoms with Crippen LogP contribution < -0.4 is 5.32 Å². The zero-order valence-corrected chi connectivity index (χ0v) is 9.10. The van der Waals surface area contributed by atoms with Gasteiger partial charge in [0.2, 0.25) is 5.28 Å². The van der Waals surface area contributed by atoms with Crippen LogP contribution in [0.25, 0.3) is 11.0 Å². The second-order valence-electron chi connectivity index (χ2n) is 3.27. The maximum atomic E-state index is 12.0. The molecule has 0 unspecified atom stereocenters. The van der Waals surface area contributed by atoms with Gasteiger partial charge in [0.1, 0.15) is 5.82 Å². The van der Waals surface area contributed by atoms with E-state index in [1.807, 2.05) is 0 Å². The lowest BCUT2D eigenvalue weighted by Gasteiger charge is -2.08. The standard InChI is InChI=1S/C8H7ClF3N5/c9-7-15-5(13-2-1-8(10,11)12)4-3-14-17-6(4)16-7/h3H,1-2H2,(H2,13,14,15,16,17). The molecule has 0 amide bonds. The minimum atomic E-state index is -4.21. The number of anilines is 1. The van der Waals surface area contributed by atoms with Crippen LogP contribution in [0, 0.1) is 0 Å². The highest BCUT2D eigenvalue weighted by atomic mass is 35.5. The fraction of sp³-hybridized carbons (Fsp3) is 0.375. The number of rotatable bonds is 3. The van der Waals surface area contributed by atoms with Crippen LogP contribution in [0.2, 0.25) is 5.28 Å².